The summed E-state index contributed by atoms with van der Waals surface area (Å²) < 4.78 is 10.5. The molecule has 0 unspecified atom stereocenters. The van der Waals surface area contributed by atoms with Crippen LogP contribution in [-0.2, 0) is 17.7 Å². The van der Waals surface area contributed by atoms with Crippen molar-refractivity contribution >= 4 is 28.6 Å². The van der Waals surface area contributed by atoms with Crippen molar-refractivity contribution in [2.45, 2.75) is 53.5 Å². The molecule has 8 heteroatoms. The lowest BCUT2D eigenvalue weighted by molar-refractivity contribution is 0.227. The van der Waals surface area contributed by atoms with Gasteiger partial charge in [-0.3, -0.25) is 4.79 Å². The standard InChI is InChI=1S/C25H39N5O2S/c1-6-10-19-18-29(9-4)23-22(19)26-24(27-25(23)31)20(21(8-3)32-16-7-2)11-17-33-30-14-12-28(5)13-15-30/h8,11,18H,6-7,9-10,12-17H2,1-5H3,(H,26,27,31)/b20-11+,21-8+. The quantitative estimate of drug-likeness (QED) is 0.298. The zero-order chi connectivity index (χ0) is 23.8. The third-order valence-electron chi connectivity index (χ3n) is 5.91. The number of nitrogens with zero attached hydrogens (tertiary/aromatic N) is 4. The van der Waals surface area contributed by atoms with Crippen molar-refractivity contribution in [2.75, 3.05) is 45.6 Å². The van der Waals surface area contributed by atoms with Gasteiger partial charge in [0.15, 0.2) is 0 Å². The number of hydrogen-bond acceptors (Lipinski definition) is 6. The number of aromatic amines is 1. The van der Waals surface area contributed by atoms with Crippen LogP contribution in [0.3, 0.4) is 0 Å². The molecule has 182 valence electrons. The Bertz CT molecular complexity index is 1030. The molecule has 33 heavy (non-hydrogen) atoms. The van der Waals surface area contributed by atoms with E-state index in [2.05, 4.69) is 54.3 Å². The van der Waals surface area contributed by atoms with Crippen LogP contribution in [0.25, 0.3) is 16.6 Å². The minimum Gasteiger partial charge on any atom is -0.493 e. The predicted molar refractivity (Wildman–Crippen MR) is 140 cm³/mol. The Morgan fingerprint density at radius 1 is 1.21 bits per heavy atom. The van der Waals surface area contributed by atoms with E-state index >= 15 is 0 Å². The van der Waals surface area contributed by atoms with Crippen molar-refractivity contribution in [3.05, 3.63) is 45.8 Å². The highest BCUT2D eigenvalue weighted by Gasteiger charge is 2.19. The molecular weight excluding hydrogens is 434 g/mol. The lowest BCUT2D eigenvalue weighted by Crippen LogP contribution is -2.41. The summed E-state index contributed by atoms with van der Waals surface area (Å²) in [6.07, 6.45) is 9.03. The van der Waals surface area contributed by atoms with Crippen molar-refractivity contribution in [3.63, 3.8) is 0 Å². The fourth-order valence-corrected chi connectivity index (χ4v) is 4.96. The second-order valence-electron chi connectivity index (χ2n) is 8.45. The first-order valence-corrected chi connectivity index (χ1v) is 13.1. The second-order valence-corrected chi connectivity index (χ2v) is 9.56. The van der Waals surface area contributed by atoms with E-state index in [0.29, 0.717) is 17.9 Å². The average Bonchev–Trinajstić information content (AvgIpc) is 3.17. The first kappa shape index (κ1) is 25.6. The molecule has 1 aliphatic heterocycles. The normalized spacial score (nSPS) is 16.6. The summed E-state index contributed by atoms with van der Waals surface area (Å²) in [5.41, 5.74) is 3.36. The summed E-state index contributed by atoms with van der Waals surface area (Å²) in [6.45, 7) is 13.9. The van der Waals surface area contributed by atoms with Gasteiger partial charge in [0.2, 0.25) is 0 Å². The first-order chi connectivity index (χ1) is 16.0. The molecule has 1 N–H and O–H groups in total. The lowest BCUT2D eigenvalue weighted by atomic mass is 10.1. The number of likely N-dealkylation sites (N-methyl/N-ethyl adjacent to an activating group) is 1. The Balaban J connectivity index is 1.98. The van der Waals surface area contributed by atoms with Crippen LogP contribution < -0.4 is 5.56 Å². The van der Waals surface area contributed by atoms with Gasteiger partial charge in [-0.15, -0.1) is 0 Å². The van der Waals surface area contributed by atoms with E-state index in [1.807, 2.05) is 29.5 Å². The minimum absolute atomic E-state index is 0.0947. The maximum Gasteiger partial charge on any atom is 0.275 e. The smallest absolute Gasteiger partial charge is 0.275 e. The highest BCUT2D eigenvalue weighted by atomic mass is 32.2. The van der Waals surface area contributed by atoms with Gasteiger partial charge in [0.25, 0.3) is 5.56 Å². The second kappa shape index (κ2) is 12.4. The zero-order valence-corrected chi connectivity index (χ0v) is 21.6. The average molecular weight is 474 g/mol. The van der Waals surface area contributed by atoms with E-state index in [-0.39, 0.29) is 5.56 Å². The molecule has 0 spiro atoms. The molecule has 1 fully saturated rings. The number of fused-ring (bicyclic) bond motifs is 1. The van der Waals surface area contributed by atoms with Crippen LogP contribution in [0.5, 0.6) is 0 Å². The van der Waals surface area contributed by atoms with Gasteiger partial charge in [0.1, 0.15) is 17.1 Å². The number of ether oxygens (including phenoxy) is 1. The Kier molecular flexibility index (Phi) is 9.64. The van der Waals surface area contributed by atoms with Crippen molar-refractivity contribution < 1.29 is 4.74 Å². The monoisotopic (exact) mass is 473 g/mol. The number of aromatic nitrogens is 3. The number of nitrogens with one attached hydrogen (secondary N) is 1. The van der Waals surface area contributed by atoms with Crippen molar-refractivity contribution in [1.29, 1.82) is 0 Å². The summed E-state index contributed by atoms with van der Waals surface area (Å²) in [7, 11) is 2.17. The summed E-state index contributed by atoms with van der Waals surface area (Å²) in [5.74, 6) is 2.15. The highest BCUT2D eigenvalue weighted by Crippen LogP contribution is 2.26. The summed E-state index contributed by atoms with van der Waals surface area (Å²) in [5, 5.41) is 0. The number of H-pyrrole nitrogens is 1. The molecule has 3 heterocycles. The SMILES string of the molecule is C/C=C(OCCC)\C(=C/CSN1CCN(C)CC1)c1nc2c(CCC)cn(CC)c2c(=O)[nH]1. The van der Waals surface area contributed by atoms with Gasteiger partial charge < -0.3 is 19.2 Å². The number of hydrogen-bond donors (Lipinski definition) is 1. The van der Waals surface area contributed by atoms with Gasteiger partial charge in [-0.1, -0.05) is 38.3 Å². The Morgan fingerprint density at radius 3 is 2.61 bits per heavy atom. The minimum atomic E-state index is -0.0947. The molecule has 0 bridgehead atoms. The molecule has 3 rings (SSSR count). The molecule has 0 radical (unpaired) electrons. The van der Waals surface area contributed by atoms with Crippen LogP contribution >= 0.6 is 11.9 Å². The van der Waals surface area contributed by atoms with E-state index in [4.69, 9.17) is 9.72 Å². The van der Waals surface area contributed by atoms with Gasteiger partial charge in [-0.2, -0.15) is 0 Å². The molecule has 2 aromatic rings. The maximum absolute atomic E-state index is 13.2. The fourth-order valence-electron chi connectivity index (χ4n) is 4.09. The number of allylic oxidation sites excluding steroid dienone is 2. The molecule has 0 aliphatic carbocycles. The largest absolute Gasteiger partial charge is 0.493 e. The molecular formula is C25H39N5O2S. The van der Waals surface area contributed by atoms with Crippen LogP contribution in [0.2, 0.25) is 0 Å². The van der Waals surface area contributed by atoms with Crippen LogP contribution in [0.4, 0.5) is 0 Å². The van der Waals surface area contributed by atoms with Gasteiger partial charge in [0, 0.05) is 44.7 Å². The summed E-state index contributed by atoms with van der Waals surface area (Å²) in [4.78, 5) is 23.6. The summed E-state index contributed by atoms with van der Waals surface area (Å²) in [6, 6.07) is 0. The van der Waals surface area contributed by atoms with Crippen LogP contribution in [0.1, 0.15) is 51.9 Å². The third kappa shape index (κ3) is 6.31. The molecule has 2 aromatic heterocycles. The molecule has 0 atom stereocenters. The number of aryl methyl sites for hydroxylation is 2. The van der Waals surface area contributed by atoms with Crippen molar-refractivity contribution in [1.82, 2.24) is 23.7 Å². The van der Waals surface area contributed by atoms with Crippen LogP contribution in [0, 0.1) is 0 Å². The molecule has 1 aliphatic rings. The van der Waals surface area contributed by atoms with Gasteiger partial charge >= 0.3 is 0 Å². The lowest BCUT2D eigenvalue weighted by Gasteiger charge is -2.31. The zero-order valence-electron chi connectivity index (χ0n) is 20.8. The van der Waals surface area contributed by atoms with E-state index < -0.39 is 0 Å². The van der Waals surface area contributed by atoms with Crippen LogP contribution in [0.15, 0.2) is 28.9 Å². The fraction of sp³-hybridized carbons (Fsp3) is 0.600. The predicted octanol–water partition coefficient (Wildman–Crippen LogP) is 4.31. The highest BCUT2D eigenvalue weighted by molar-refractivity contribution is 7.97. The van der Waals surface area contributed by atoms with E-state index in [1.54, 1.807) is 0 Å². The molecule has 7 nitrogen and oxygen atoms in total. The topological polar surface area (TPSA) is 66.4 Å². The summed E-state index contributed by atoms with van der Waals surface area (Å²) >= 11 is 1.82. The van der Waals surface area contributed by atoms with E-state index in [9.17, 15) is 4.79 Å². The van der Waals surface area contributed by atoms with E-state index in [0.717, 1.165) is 80.2 Å². The maximum atomic E-state index is 13.2. The number of piperazine rings is 1. The van der Waals surface area contributed by atoms with E-state index in [1.165, 1.54) is 0 Å². The Labute approximate surface area is 202 Å². The molecule has 0 amide bonds. The first-order valence-electron chi connectivity index (χ1n) is 12.2. The molecule has 0 aromatic carbocycles. The number of rotatable bonds is 11. The van der Waals surface area contributed by atoms with Crippen molar-refractivity contribution in [2.24, 2.45) is 0 Å². The van der Waals surface area contributed by atoms with Gasteiger partial charge in [-0.25, -0.2) is 9.29 Å². The van der Waals surface area contributed by atoms with Gasteiger partial charge in [0.05, 0.1) is 17.7 Å². The third-order valence-corrected chi connectivity index (χ3v) is 6.96. The van der Waals surface area contributed by atoms with Crippen LogP contribution in [-0.4, -0.2) is 69.3 Å². The van der Waals surface area contributed by atoms with Crippen molar-refractivity contribution in [3.8, 4) is 0 Å². The molecule has 1 saturated heterocycles. The Morgan fingerprint density at radius 2 is 1.97 bits per heavy atom. The molecule has 0 saturated carbocycles. The van der Waals surface area contributed by atoms with Gasteiger partial charge in [-0.05, 0) is 45.4 Å². The Hall–Kier alpha value is -2.03.